The number of hydrogen-bond acceptors (Lipinski definition) is 6. The van der Waals surface area contributed by atoms with E-state index < -0.39 is 4.92 Å². The van der Waals surface area contributed by atoms with Crippen molar-refractivity contribution < 1.29 is 9.72 Å². The molecule has 2 aromatic rings. The summed E-state index contributed by atoms with van der Waals surface area (Å²) in [5, 5.41) is 25.1. The molecular formula is C18H20ClN5O3. The van der Waals surface area contributed by atoms with Crippen LogP contribution < -0.4 is 10.6 Å². The zero-order valence-electron chi connectivity index (χ0n) is 15.2. The number of non-ortho nitro benzene ring substituents is 1. The third-order valence-electron chi connectivity index (χ3n) is 3.74. The highest BCUT2D eigenvalue weighted by Crippen LogP contribution is 2.33. The molecule has 8 nitrogen and oxygen atoms in total. The summed E-state index contributed by atoms with van der Waals surface area (Å²) in [4.78, 5) is 21.7. The molecule has 0 aliphatic heterocycles. The maximum atomic E-state index is 11.5. The Hall–Kier alpha value is -3.00. The molecule has 0 aliphatic rings. The lowest BCUT2D eigenvalue weighted by Crippen LogP contribution is -2.13. The monoisotopic (exact) mass is 389 g/mol. The highest BCUT2D eigenvalue weighted by Gasteiger charge is 2.10. The van der Waals surface area contributed by atoms with Gasteiger partial charge in [0, 0.05) is 30.8 Å². The van der Waals surface area contributed by atoms with Crippen molar-refractivity contribution in [3.05, 3.63) is 51.5 Å². The van der Waals surface area contributed by atoms with E-state index in [2.05, 4.69) is 34.7 Å². The highest BCUT2D eigenvalue weighted by atomic mass is 35.5. The number of nitrogens with one attached hydrogen (secondary N) is 2. The molecule has 2 rings (SSSR count). The molecule has 142 valence electrons. The summed E-state index contributed by atoms with van der Waals surface area (Å²) in [6.07, 6.45) is 0.954. The Labute approximate surface area is 161 Å². The quantitative estimate of drug-likeness (QED) is 0.352. The van der Waals surface area contributed by atoms with Crippen LogP contribution in [0.25, 0.3) is 0 Å². The van der Waals surface area contributed by atoms with E-state index in [1.54, 1.807) is 12.1 Å². The topological polar surface area (TPSA) is 109 Å². The summed E-state index contributed by atoms with van der Waals surface area (Å²) >= 11 is 6.02. The number of halogens is 1. The average molecular weight is 390 g/mol. The first-order chi connectivity index (χ1) is 12.8. The minimum absolute atomic E-state index is 0.115. The van der Waals surface area contributed by atoms with Crippen LogP contribution in [-0.4, -0.2) is 16.9 Å². The number of nitro benzene ring substituents is 1. The fourth-order valence-corrected chi connectivity index (χ4v) is 2.40. The number of rotatable bonds is 7. The second-order valence-electron chi connectivity index (χ2n) is 5.96. The fraction of sp³-hybridized carbons (Fsp3) is 0.278. The summed E-state index contributed by atoms with van der Waals surface area (Å²) in [7, 11) is 0. The van der Waals surface area contributed by atoms with Crippen molar-refractivity contribution in [3.8, 4) is 0 Å². The first-order valence-corrected chi connectivity index (χ1v) is 8.71. The third-order valence-corrected chi connectivity index (χ3v) is 4.04. The van der Waals surface area contributed by atoms with Gasteiger partial charge in [0.25, 0.3) is 5.69 Å². The number of benzene rings is 2. The number of azo groups is 1. The van der Waals surface area contributed by atoms with Crippen molar-refractivity contribution in [2.24, 2.45) is 10.2 Å². The number of nitrogens with zero attached hydrogens (tertiary/aromatic N) is 3. The predicted octanol–water partition coefficient (Wildman–Crippen LogP) is 5.83. The molecule has 0 radical (unpaired) electrons. The minimum Gasteiger partial charge on any atom is -0.383 e. The number of carbonyl (C=O) groups excluding carboxylic acids is 1. The van der Waals surface area contributed by atoms with Gasteiger partial charge in [-0.1, -0.05) is 18.5 Å². The summed E-state index contributed by atoms with van der Waals surface area (Å²) < 4.78 is 0. The van der Waals surface area contributed by atoms with E-state index in [-0.39, 0.29) is 28.3 Å². The highest BCUT2D eigenvalue weighted by molar-refractivity contribution is 6.33. The van der Waals surface area contributed by atoms with Gasteiger partial charge >= 0.3 is 0 Å². The van der Waals surface area contributed by atoms with E-state index in [9.17, 15) is 14.9 Å². The van der Waals surface area contributed by atoms with Crippen LogP contribution in [-0.2, 0) is 4.79 Å². The van der Waals surface area contributed by atoms with Gasteiger partial charge in [-0.2, -0.15) is 0 Å². The van der Waals surface area contributed by atoms with Crippen LogP contribution in [0.2, 0.25) is 5.02 Å². The molecule has 9 heteroatoms. The van der Waals surface area contributed by atoms with Crippen LogP contribution in [0, 0.1) is 10.1 Å². The first kappa shape index (κ1) is 20.3. The Morgan fingerprint density at radius 1 is 1.22 bits per heavy atom. The molecule has 2 aromatic carbocycles. The van der Waals surface area contributed by atoms with Crippen molar-refractivity contribution in [2.75, 3.05) is 10.6 Å². The Morgan fingerprint density at radius 3 is 2.48 bits per heavy atom. The predicted molar refractivity (Wildman–Crippen MR) is 106 cm³/mol. The van der Waals surface area contributed by atoms with E-state index in [4.69, 9.17) is 11.6 Å². The van der Waals surface area contributed by atoms with E-state index in [0.29, 0.717) is 11.4 Å². The Balaban J connectivity index is 2.32. The number of hydrogen-bond donors (Lipinski definition) is 2. The normalized spacial score (nSPS) is 12.0. The molecule has 0 saturated carbocycles. The molecular weight excluding hydrogens is 370 g/mol. The van der Waals surface area contributed by atoms with Crippen LogP contribution in [0.15, 0.2) is 46.6 Å². The largest absolute Gasteiger partial charge is 0.383 e. The lowest BCUT2D eigenvalue weighted by atomic mass is 10.2. The molecule has 1 atom stereocenters. The van der Waals surface area contributed by atoms with Crippen LogP contribution in [0.3, 0.4) is 0 Å². The minimum atomic E-state index is -0.537. The van der Waals surface area contributed by atoms with Gasteiger partial charge in [0.1, 0.15) is 11.4 Å². The zero-order chi connectivity index (χ0) is 20.0. The molecule has 2 N–H and O–H groups in total. The Bertz CT molecular complexity index is 885. The zero-order valence-corrected chi connectivity index (χ0v) is 15.9. The summed E-state index contributed by atoms with van der Waals surface area (Å²) in [5.41, 5.74) is 1.95. The third kappa shape index (κ3) is 5.75. The molecule has 0 heterocycles. The van der Waals surface area contributed by atoms with E-state index in [1.807, 2.05) is 6.07 Å². The van der Waals surface area contributed by atoms with Gasteiger partial charge in [-0.25, -0.2) is 0 Å². The van der Waals surface area contributed by atoms with E-state index in [1.165, 1.54) is 25.1 Å². The molecule has 0 bridgehead atoms. The van der Waals surface area contributed by atoms with Crippen LogP contribution in [0.1, 0.15) is 27.2 Å². The van der Waals surface area contributed by atoms with Crippen molar-refractivity contribution in [1.82, 2.24) is 0 Å². The molecule has 0 spiro atoms. The lowest BCUT2D eigenvalue weighted by molar-refractivity contribution is -0.384. The number of anilines is 2. The number of amides is 1. The second kappa shape index (κ2) is 9.09. The standard InChI is InChI=1S/C18H20ClN5O3/c1-4-11(2)20-13-5-7-17(18(9-13)21-12(3)25)23-22-16-8-6-14(24(26)27)10-15(16)19/h5-11,20H,4H2,1-3H3,(H,21,25). The number of carbonyl (C=O) groups is 1. The fourth-order valence-electron chi connectivity index (χ4n) is 2.19. The Morgan fingerprint density at radius 2 is 1.89 bits per heavy atom. The van der Waals surface area contributed by atoms with Crippen LogP contribution >= 0.6 is 11.6 Å². The molecule has 1 unspecified atom stereocenters. The van der Waals surface area contributed by atoms with Gasteiger partial charge in [0.15, 0.2) is 0 Å². The molecule has 0 saturated heterocycles. The molecule has 1 amide bonds. The molecule has 27 heavy (non-hydrogen) atoms. The summed E-state index contributed by atoms with van der Waals surface area (Å²) in [6.45, 7) is 5.54. The molecule has 0 aromatic heterocycles. The lowest BCUT2D eigenvalue weighted by Gasteiger charge is -2.15. The Kier molecular flexibility index (Phi) is 6.84. The molecule has 0 aliphatic carbocycles. The average Bonchev–Trinajstić information content (AvgIpc) is 2.61. The molecule has 0 fully saturated rings. The maximum Gasteiger partial charge on any atom is 0.271 e. The van der Waals surface area contributed by atoms with Crippen molar-refractivity contribution >= 4 is 45.9 Å². The smallest absolute Gasteiger partial charge is 0.271 e. The van der Waals surface area contributed by atoms with Gasteiger partial charge in [0.05, 0.1) is 15.6 Å². The summed E-state index contributed by atoms with van der Waals surface area (Å²) in [6, 6.07) is 9.54. The van der Waals surface area contributed by atoms with Crippen molar-refractivity contribution in [1.29, 1.82) is 0 Å². The first-order valence-electron chi connectivity index (χ1n) is 8.34. The van der Waals surface area contributed by atoms with Gasteiger partial charge in [-0.3, -0.25) is 14.9 Å². The van der Waals surface area contributed by atoms with Crippen LogP contribution in [0.4, 0.5) is 28.4 Å². The second-order valence-corrected chi connectivity index (χ2v) is 6.37. The van der Waals surface area contributed by atoms with Crippen molar-refractivity contribution in [3.63, 3.8) is 0 Å². The van der Waals surface area contributed by atoms with Gasteiger partial charge in [-0.15, -0.1) is 10.2 Å². The van der Waals surface area contributed by atoms with Crippen LogP contribution in [0.5, 0.6) is 0 Å². The van der Waals surface area contributed by atoms with Crippen molar-refractivity contribution in [2.45, 2.75) is 33.2 Å². The number of nitro groups is 1. The van der Waals surface area contributed by atoms with Gasteiger partial charge in [-0.05, 0) is 37.6 Å². The summed E-state index contributed by atoms with van der Waals surface area (Å²) in [5.74, 6) is -0.236. The van der Waals surface area contributed by atoms with Gasteiger partial charge < -0.3 is 10.6 Å². The van der Waals surface area contributed by atoms with E-state index >= 15 is 0 Å². The van der Waals surface area contributed by atoms with E-state index in [0.717, 1.165) is 12.1 Å². The maximum absolute atomic E-state index is 11.5. The SMILES string of the molecule is CCC(C)Nc1ccc(N=Nc2ccc([N+](=O)[O-])cc2Cl)c(NC(C)=O)c1. The van der Waals surface area contributed by atoms with Gasteiger partial charge in [0.2, 0.25) is 5.91 Å².